The van der Waals surface area contributed by atoms with Crippen molar-refractivity contribution < 1.29 is 4.57 Å². The number of aromatic amines is 1. The van der Waals surface area contributed by atoms with Crippen LogP contribution in [0, 0.1) is 0 Å². The van der Waals surface area contributed by atoms with E-state index in [1.807, 2.05) is 30.3 Å². The summed E-state index contributed by atoms with van der Waals surface area (Å²) >= 11 is 6.37. The number of para-hydroxylation sites is 2. The molecule has 112 valence electrons. The molecule has 0 spiro atoms. The molecule has 0 radical (unpaired) electrons. The molecule has 0 saturated heterocycles. The third kappa shape index (κ3) is 2.62. The van der Waals surface area contributed by atoms with Gasteiger partial charge in [-0.3, -0.25) is 0 Å². The minimum Gasteiger partial charge on any atom is -0.236 e. The smallest absolute Gasteiger partial charge is 0.236 e. The predicted octanol–water partition coefficient (Wildman–Crippen LogP) is 4.82. The number of fused-ring (bicyclic) bond motifs is 1. The normalized spacial score (nSPS) is 11.0. The van der Waals surface area contributed by atoms with Crippen LogP contribution in [0.2, 0.25) is 5.02 Å². The number of rotatable bonds is 3. The molecule has 3 heteroatoms. The Bertz CT molecular complexity index is 958. The Hall–Kier alpha value is -2.58. The Morgan fingerprint density at radius 3 is 2.30 bits per heavy atom. The van der Waals surface area contributed by atoms with Gasteiger partial charge in [-0.05, 0) is 30.3 Å². The van der Waals surface area contributed by atoms with Crippen molar-refractivity contribution in [3.05, 3.63) is 89.4 Å². The minimum absolute atomic E-state index is 0.730. The number of benzene rings is 3. The maximum Gasteiger partial charge on any atom is 0.287 e. The molecular weight excluding hydrogens is 304 g/mol. The Balaban J connectivity index is 1.92. The van der Waals surface area contributed by atoms with E-state index in [1.165, 1.54) is 5.52 Å². The molecule has 0 amide bonds. The fourth-order valence-corrected chi connectivity index (χ4v) is 3.11. The molecule has 1 N–H and O–H groups in total. The van der Waals surface area contributed by atoms with Crippen molar-refractivity contribution in [1.29, 1.82) is 0 Å². The molecule has 2 nitrogen and oxygen atoms in total. The van der Waals surface area contributed by atoms with Gasteiger partial charge in [0.15, 0.2) is 11.0 Å². The maximum atomic E-state index is 6.37. The molecule has 0 saturated carbocycles. The van der Waals surface area contributed by atoms with Crippen LogP contribution in [-0.2, 0) is 6.54 Å². The molecule has 0 aliphatic rings. The molecule has 0 bridgehead atoms. The zero-order valence-electron chi connectivity index (χ0n) is 12.5. The van der Waals surface area contributed by atoms with Crippen LogP contribution in [0.3, 0.4) is 0 Å². The van der Waals surface area contributed by atoms with E-state index in [0.29, 0.717) is 0 Å². The lowest BCUT2D eigenvalue weighted by molar-refractivity contribution is -0.651. The first-order chi connectivity index (χ1) is 11.3. The predicted molar refractivity (Wildman–Crippen MR) is 94.5 cm³/mol. The highest BCUT2D eigenvalue weighted by atomic mass is 35.5. The van der Waals surface area contributed by atoms with Gasteiger partial charge < -0.3 is 0 Å². The summed E-state index contributed by atoms with van der Waals surface area (Å²) in [6.07, 6.45) is 0. The summed E-state index contributed by atoms with van der Waals surface area (Å²) in [4.78, 5) is 3.54. The van der Waals surface area contributed by atoms with Crippen molar-refractivity contribution in [3.8, 4) is 11.4 Å². The van der Waals surface area contributed by atoms with Crippen LogP contribution >= 0.6 is 11.6 Å². The zero-order valence-corrected chi connectivity index (χ0v) is 13.3. The van der Waals surface area contributed by atoms with Gasteiger partial charge in [0, 0.05) is 10.6 Å². The van der Waals surface area contributed by atoms with E-state index < -0.39 is 0 Å². The lowest BCUT2D eigenvalue weighted by Gasteiger charge is -2.05. The summed E-state index contributed by atoms with van der Waals surface area (Å²) in [7, 11) is 0. The van der Waals surface area contributed by atoms with Crippen molar-refractivity contribution in [2.45, 2.75) is 6.54 Å². The third-order valence-electron chi connectivity index (χ3n) is 4.05. The van der Waals surface area contributed by atoms with Crippen molar-refractivity contribution in [1.82, 2.24) is 4.98 Å². The number of aromatic nitrogens is 2. The number of nitrogens with zero attached hydrogens (tertiary/aromatic N) is 1. The summed E-state index contributed by atoms with van der Waals surface area (Å²) in [6, 6.07) is 26.7. The first-order valence-electron chi connectivity index (χ1n) is 7.62. The van der Waals surface area contributed by atoms with E-state index in [0.717, 1.165) is 34.0 Å². The Morgan fingerprint density at radius 2 is 1.48 bits per heavy atom. The van der Waals surface area contributed by atoms with E-state index in [-0.39, 0.29) is 0 Å². The fourth-order valence-electron chi connectivity index (χ4n) is 2.92. The Morgan fingerprint density at radius 1 is 0.783 bits per heavy atom. The minimum atomic E-state index is 0.730. The highest BCUT2D eigenvalue weighted by Gasteiger charge is 2.20. The van der Waals surface area contributed by atoms with Crippen molar-refractivity contribution in [2.24, 2.45) is 0 Å². The molecule has 0 atom stereocenters. The third-order valence-corrected chi connectivity index (χ3v) is 4.42. The second kappa shape index (κ2) is 5.90. The second-order valence-electron chi connectivity index (χ2n) is 5.53. The van der Waals surface area contributed by atoms with Crippen LogP contribution in [-0.4, -0.2) is 4.98 Å². The van der Waals surface area contributed by atoms with Gasteiger partial charge in [-0.25, -0.2) is 9.55 Å². The van der Waals surface area contributed by atoms with E-state index >= 15 is 0 Å². The lowest BCUT2D eigenvalue weighted by Crippen LogP contribution is -2.35. The topological polar surface area (TPSA) is 19.7 Å². The Labute approximate surface area is 140 Å². The highest BCUT2D eigenvalue weighted by molar-refractivity contribution is 6.31. The molecule has 0 aliphatic heterocycles. The SMILES string of the molecule is Clc1ccccc1C[n+]1c(-c2ccccc2)[nH]c2ccccc21. The molecular formula is C20H16ClN2+. The maximum absolute atomic E-state index is 6.37. The van der Waals surface area contributed by atoms with Crippen LogP contribution in [0.15, 0.2) is 78.9 Å². The van der Waals surface area contributed by atoms with Gasteiger partial charge in [-0.1, -0.05) is 60.1 Å². The van der Waals surface area contributed by atoms with Crippen LogP contribution in [0.1, 0.15) is 5.56 Å². The summed E-state index contributed by atoms with van der Waals surface area (Å²) in [5, 5.41) is 0.796. The molecule has 0 aliphatic carbocycles. The molecule has 4 rings (SSSR count). The molecule has 1 heterocycles. The summed E-state index contributed by atoms with van der Waals surface area (Å²) in [6.45, 7) is 0.730. The highest BCUT2D eigenvalue weighted by Crippen LogP contribution is 2.21. The second-order valence-corrected chi connectivity index (χ2v) is 5.94. The largest absolute Gasteiger partial charge is 0.287 e. The average Bonchev–Trinajstić information content (AvgIpc) is 2.96. The molecule has 3 aromatic carbocycles. The van der Waals surface area contributed by atoms with E-state index in [4.69, 9.17) is 11.6 Å². The number of nitrogens with one attached hydrogen (secondary N) is 1. The molecule has 4 aromatic rings. The Kier molecular flexibility index (Phi) is 3.60. The van der Waals surface area contributed by atoms with Gasteiger partial charge in [0.2, 0.25) is 0 Å². The standard InChI is InChI=1S/C20H15ClN2/c21-17-11-5-4-10-16(17)14-23-19-13-7-6-12-18(19)22-20(23)15-8-2-1-3-9-15/h1-13H,14H2/p+1. The first kappa shape index (κ1) is 14.0. The monoisotopic (exact) mass is 319 g/mol. The van der Waals surface area contributed by atoms with Gasteiger partial charge in [0.1, 0.15) is 6.54 Å². The van der Waals surface area contributed by atoms with Gasteiger partial charge in [-0.2, -0.15) is 0 Å². The number of halogens is 1. The summed E-state index contributed by atoms with van der Waals surface area (Å²) in [5.41, 5.74) is 4.57. The molecule has 0 unspecified atom stereocenters. The molecule has 23 heavy (non-hydrogen) atoms. The van der Waals surface area contributed by atoms with E-state index in [9.17, 15) is 0 Å². The van der Waals surface area contributed by atoms with Crippen molar-refractivity contribution in [2.75, 3.05) is 0 Å². The number of hydrogen-bond acceptors (Lipinski definition) is 0. The van der Waals surface area contributed by atoms with Crippen LogP contribution in [0.5, 0.6) is 0 Å². The van der Waals surface area contributed by atoms with Gasteiger partial charge >= 0.3 is 0 Å². The van der Waals surface area contributed by atoms with E-state index in [1.54, 1.807) is 0 Å². The number of hydrogen-bond donors (Lipinski definition) is 1. The van der Waals surface area contributed by atoms with Crippen molar-refractivity contribution >= 4 is 22.6 Å². The van der Waals surface area contributed by atoms with E-state index in [2.05, 4.69) is 58.1 Å². The van der Waals surface area contributed by atoms with Gasteiger partial charge in [-0.15, -0.1) is 0 Å². The van der Waals surface area contributed by atoms with Gasteiger partial charge in [0.25, 0.3) is 5.82 Å². The van der Waals surface area contributed by atoms with Crippen molar-refractivity contribution in [3.63, 3.8) is 0 Å². The summed E-state index contributed by atoms with van der Waals surface area (Å²) in [5.74, 6) is 1.09. The van der Waals surface area contributed by atoms with Crippen LogP contribution in [0.25, 0.3) is 22.4 Å². The quantitative estimate of drug-likeness (QED) is 0.522. The zero-order chi connectivity index (χ0) is 15.6. The van der Waals surface area contributed by atoms with Crippen LogP contribution < -0.4 is 4.57 Å². The average molecular weight is 320 g/mol. The molecule has 1 aromatic heterocycles. The lowest BCUT2D eigenvalue weighted by atomic mass is 10.2. The van der Waals surface area contributed by atoms with Gasteiger partial charge in [0.05, 0.1) is 5.56 Å². The van der Waals surface area contributed by atoms with Crippen LogP contribution in [0.4, 0.5) is 0 Å². The number of imidazole rings is 1. The number of H-pyrrole nitrogens is 1. The molecule has 0 fully saturated rings. The fraction of sp³-hybridized carbons (Fsp3) is 0.0500. The summed E-state index contributed by atoms with van der Waals surface area (Å²) < 4.78 is 2.28. The first-order valence-corrected chi connectivity index (χ1v) is 8.00.